The molecule has 0 aliphatic rings. The Kier molecular flexibility index (Phi) is 2.83. The number of hydrogen-bond acceptors (Lipinski definition) is 6. The molecule has 2 heterocycles. The fourth-order valence-corrected chi connectivity index (χ4v) is 2.77. The van der Waals surface area contributed by atoms with Gasteiger partial charge in [-0.3, -0.25) is 9.48 Å². The first-order valence-corrected chi connectivity index (χ1v) is 5.84. The lowest BCUT2D eigenvalue weighted by Crippen LogP contribution is -1.93. The predicted octanol–water partition coefficient (Wildman–Crippen LogP) is 1.54. The van der Waals surface area contributed by atoms with Crippen LogP contribution >= 0.6 is 23.1 Å². The van der Waals surface area contributed by atoms with E-state index in [0.717, 1.165) is 21.3 Å². The van der Waals surface area contributed by atoms with E-state index in [-0.39, 0.29) is 0 Å². The molecule has 7 heteroatoms. The van der Waals surface area contributed by atoms with Gasteiger partial charge in [0.2, 0.25) is 0 Å². The Bertz CT molecular complexity index is 477. The molecule has 0 N–H and O–H groups in total. The van der Waals surface area contributed by atoms with Crippen LogP contribution in [0, 0.1) is 6.92 Å². The Balaban J connectivity index is 2.39. The largest absolute Gasteiger partial charge is 0.298 e. The molecule has 0 spiro atoms. The van der Waals surface area contributed by atoms with Gasteiger partial charge in [-0.15, -0.1) is 10.2 Å². The second-order valence-electron chi connectivity index (χ2n) is 2.85. The molecule has 0 aliphatic carbocycles. The zero-order chi connectivity index (χ0) is 10.8. The molecule has 5 nitrogen and oxygen atoms in total. The van der Waals surface area contributed by atoms with E-state index in [0.29, 0.717) is 5.56 Å². The first-order valence-electron chi connectivity index (χ1n) is 4.15. The molecule has 0 aromatic carbocycles. The van der Waals surface area contributed by atoms with Crippen molar-refractivity contribution in [2.24, 2.45) is 7.05 Å². The van der Waals surface area contributed by atoms with Gasteiger partial charge in [-0.2, -0.15) is 5.10 Å². The average molecular weight is 240 g/mol. The summed E-state index contributed by atoms with van der Waals surface area (Å²) in [6, 6.07) is 0. The Hall–Kier alpha value is -1.21. The second kappa shape index (κ2) is 4.11. The van der Waals surface area contributed by atoms with Crippen LogP contribution < -0.4 is 0 Å². The minimum atomic E-state index is 0.623. The lowest BCUT2D eigenvalue weighted by molar-refractivity contribution is 0.112. The summed E-state index contributed by atoms with van der Waals surface area (Å²) in [4.78, 5) is 10.9. The predicted molar refractivity (Wildman–Crippen MR) is 57.4 cm³/mol. The number of hydrogen-bond donors (Lipinski definition) is 0. The molecule has 0 saturated carbocycles. The molecule has 2 rings (SSSR count). The SMILES string of the molecule is Cc1nn(C)c(Sc2nncs2)c1C=O. The summed E-state index contributed by atoms with van der Waals surface area (Å²) < 4.78 is 2.49. The number of nitrogens with zero attached hydrogens (tertiary/aromatic N) is 4. The van der Waals surface area contributed by atoms with Gasteiger partial charge in [0, 0.05) is 7.05 Å². The van der Waals surface area contributed by atoms with E-state index in [1.54, 1.807) is 10.2 Å². The van der Waals surface area contributed by atoms with Gasteiger partial charge >= 0.3 is 0 Å². The van der Waals surface area contributed by atoms with E-state index in [2.05, 4.69) is 15.3 Å². The zero-order valence-corrected chi connectivity index (χ0v) is 9.80. The van der Waals surface area contributed by atoms with E-state index in [9.17, 15) is 4.79 Å². The van der Waals surface area contributed by atoms with E-state index in [1.807, 2.05) is 14.0 Å². The van der Waals surface area contributed by atoms with E-state index in [4.69, 9.17) is 0 Å². The van der Waals surface area contributed by atoms with Crippen molar-refractivity contribution in [1.82, 2.24) is 20.0 Å². The molecular weight excluding hydrogens is 232 g/mol. The molecule has 0 fully saturated rings. The maximum Gasteiger partial charge on any atom is 0.180 e. The van der Waals surface area contributed by atoms with Crippen molar-refractivity contribution in [3.8, 4) is 0 Å². The number of rotatable bonds is 3. The minimum Gasteiger partial charge on any atom is -0.298 e. The van der Waals surface area contributed by atoms with Crippen molar-refractivity contribution in [2.75, 3.05) is 0 Å². The minimum absolute atomic E-state index is 0.623. The lowest BCUT2D eigenvalue weighted by Gasteiger charge is -1.97. The third kappa shape index (κ3) is 1.93. The Labute approximate surface area is 94.5 Å². The van der Waals surface area contributed by atoms with Gasteiger partial charge < -0.3 is 0 Å². The molecule has 2 aromatic heterocycles. The molecule has 0 bridgehead atoms. The molecule has 15 heavy (non-hydrogen) atoms. The highest BCUT2D eigenvalue weighted by Gasteiger charge is 2.14. The Morgan fingerprint density at radius 1 is 1.60 bits per heavy atom. The maximum atomic E-state index is 10.9. The first kappa shape index (κ1) is 10.3. The molecule has 0 atom stereocenters. The number of aryl methyl sites for hydroxylation is 2. The smallest absolute Gasteiger partial charge is 0.180 e. The van der Waals surface area contributed by atoms with Gasteiger partial charge in [-0.25, -0.2) is 0 Å². The van der Waals surface area contributed by atoms with E-state index < -0.39 is 0 Å². The van der Waals surface area contributed by atoms with E-state index >= 15 is 0 Å². The second-order valence-corrected chi connectivity index (χ2v) is 4.92. The maximum absolute atomic E-state index is 10.9. The summed E-state index contributed by atoms with van der Waals surface area (Å²) in [5, 5.41) is 12.6. The quantitative estimate of drug-likeness (QED) is 0.762. The molecule has 78 valence electrons. The van der Waals surface area contributed by atoms with E-state index in [1.165, 1.54) is 23.1 Å². The molecular formula is C8H8N4OS2. The third-order valence-corrected chi connectivity index (χ3v) is 3.81. The van der Waals surface area contributed by atoms with Crippen molar-refractivity contribution >= 4 is 29.4 Å². The highest BCUT2D eigenvalue weighted by Crippen LogP contribution is 2.31. The summed E-state index contributed by atoms with van der Waals surface area (Å²) in [5.41, 5.74) is 3.02. The summed E-state index contributed by atoms with van der Waals surface area (Å²) in [5.74, 6) is 0. The van der Waals surface area contributed by atoms with Gasteiger partial charge in [0.15, 0.2) is 10.6 Å². The average Bonchev–Trinajstić information content (AvgIpc) is 2.77. The fourth-order valence-electron chi connectivity index (χ4n) is 1.20. The Morgan fingerprint density at radius 2 is 2.40 bits per heavy atom. The number of carbonyl (C=O) groups excluding carboxylic acids is 1. The summed E-state index contributed by atoms with van der Waals surface area (Å²) >= 11 is 2.85. The van der Waals surface area contributed by atoms with Crippen LogP contribution in [0.5, 0.6) is 0 Å². The summed E-state index contributed by atoms with van der Waals surface area (Å²) in [7, 11) is 1.81. The fraction of sp³-hybridized carbons (Fsp3) is 0.250. The van der Waals surface area contributed by atoms with Crippen molar-refractivity contribution in [2.45, 2.75) is 16.3 Å². The summed E-state index contributed by atoms with van der Waals surface area (Å²) in [6.07, 6.45) is 0.825. The summed E-state index contributed by atoms with van der Waals surface area (Å²) in [6.45, 7) is 1.81. The first-order chi connectivity index (χ1) is 7.22. The van der Waals surface area contributed by atoms with Gasteiger partial charge in [0.05, 0.1) is 11.3 Å². The highest BCUT2D eigenvalue weighted by molar-refractivity contribution is 8.01. The van der Waals surface area contributed by atoms with Crippen LogP contribution in [0.3, 0.4) is 0 Å². The molecule has 0 saturated heterocycles. The zero-order valence-electron chi connectivity index (χ0n) is 8.17. The highest BCUT2D eigenvalue weighted by atomic mass is 32.2. The van der Waals surface area contributed by atoms with Crippen LogP contribution in [0.4, 0.5) is 0 Å². The van der Waals surface area contributed by atoms with Crippen molar-refractivity contribution in [1.29, 1.82) is 0 Å². The van der Waals surface area contributed by atoms with Crippen LogP contribution in [0.25, 0.3) is 0 Å². The van der Waals surface area contributed by atoms with Crippen molar-refractivity contribution in [3.05, 3.63) is 16.8 Å². The van der Waals surface area contributed by atoms with Gasteiger partial charge in [-0.05, 0) is 18.7 Å². The van der Waals surface area contributed by atoms with Gasteiger partial charge in [0.25, 0.3) is 0 Å². The van der Waals surface area contributed by atoms with Crippen LogP contribution in [-0.2, 0) is 7.05 Å². The lowest BCUT2D eigenvalue weighted by atomic mass is 10.3. The number of aromatic nitrogens is 4. The monoisotopic (exact) mass is 240 g/mol. The van der Waals surface area contributed by atoms with Crippen molar-refractivity contribution in [3.63, 3.8) is 0 Å². The standard InChI is InChI=1S/C8H8N4OS2/c1-5-6(3-13)7(12(2)11-5)15-8-10-9-4-14-8/h3-4H,1-2H3. The molecule has 0 radical (unpaired) electrons. The number of aldehydes is 1. The molecule has 0 amide bonds. The molecule has 0 aliphatic heterocycles. The number of carbonyl (C=O) groups is 1. The molecule has 0 unspecified atom stereocenters. The van der Waals surface area contributed by atoms with Crippen LogP contribution in [-0.4, -0.2) is 26.3 Å². The normalized spacial score (nSPS) is 10.5. The third-order valence-electron chi connectivity index (χ3n) is 1.86. The van der Waals surface area contributed by atoms with Gasteiger partial charge in [-0.1, -0.05) is 11.3 Å². The Morgan fingerprint density at radius 3 is 3.00 bits per heavy atom. The van der Waals surface area contributed by atoms with Crippen LogP contribution in [0.1, 0.15) is 16.1 Å². The van der Waals surface area contributed by atoms with Crippen LogP contribution in [0.15, 0.2) is 14.9 Å². The van der Waals surface area contributed by atoms with Crippen molar-refractivity contribution < 1.29 is 4.79 Å². The van der Waals surface area contributed by atoms with Crippen LogP contribution in [0.2, 0.25) is 0 Å². The van der Waals surface area contributed by atoms with Gasteiger partial charge in [0.1, 0.15) is 10.5 Å². The topological polar surface area (TPSA) is 60.7 Å². The molecule has 2 aromatic rings.